The van der Waals surface area contributed by atoms with Crippen molar-refractivity contribution in [3.63, 3.8) is 0 Å². The van der Waals surface area contributed by atoms with Gasteiger partial charge in [0.15, 0.2) is 0 Å². The zero-order valence-corrected chi connectivity index (χ0v) is 11.3. The van der Waals surface area contributed by atoms with Gasteiger partial charge in [-0.1, -0.05) is 11.6 Å². The number of hydrogen-bond donors (Lipinski definition) is 1. The second-order valence-corrected chi connectivity index (χ2v) is 4.91. The minimum absolute atomic E-state index is 0.199. The van der Waals surface area contributed by atoms with Crippen LogP contribution >= 0.6 is 0 Å². The molecule has 1 aromatic carbocycles. The van der Waals surface area contributed by atoms with Gasteiger partial charge in [0.05, 0.1) is 11.3 Å². The zero-order valence-electron chi connectivity index (χ0n) is 11.3. The summed E-state index contributed by atoms with van der Waals surface area (Å²) in [4.78, 5) is 15.1. The first-order valence-corrected chi connectivity index (χ1v) is 6.31. The van der Waals surface area contributed by atoms with E-state index in [0.717, 1.165) is 22.2 Å². The highest BCUT2D eigenvalue weighted by Gasteiger charge is 2.11. The van der Waals surface area contributed by atoms with Gasteiger partial charge in [-0.05, 0) is 31.2 Å². The highest BCUT2D eigenvalue weighted by Crippen LogP contribution is 2.29. The summed E-state index contributed by atoms with van der Waals surface area (Å²) >= 11 is 0. The van der Waals surface area contributed by atoms with Crippen molar-refractivity contribution >= 4 is 16.9 Å². The van der Waals surface area contributed by atoms with Crippen molar-refractivity contribution < 1.29 is 9.90 Å². The van der Waals surface area contributed by atoms with Gasteiger partial charge < -0.3 is 9.67 Å². The monoisotopic (exact) mass is 266 g/mol. The number of carboxylic acid groups (broad SMARTS) is 1. The number of carboxylic acids is 1. The van der Waals surface area contributed by atoms with E-state index in [-0.39, 0.29) is 5.56 Å². The normalized spacial score (nSPS) is 10.9. The summed E-state index contributed by atoms with van der Waals surface area (Å²) in [6.45, 7) is 2.05. The van der Waals surface area contributed by atoms with Gasteiger partial charge in [-0.3, -0.25) is 4.98 Å². The van der Waals surface area contributed by atoms with Gasteiger partial charge in [-0.2, -0.15) is 0 Å². The second kappa shape index (κ2) is 4.49. The van der Waals surface area contributed by atoms with Crippen molar-refractivity contribution in [3.05, 3.63) is 53.9 Å². The molecule has 2 heterocycles. The smallest absolute Gasteiger partial charge is 0.337 e. The lowest BCUT2D eigenvalue weighted by Crippen LogP contribution is -1.96. The van der Waals surface area contributed by atoms with E-state index < -0.39 is 5.97 Å². The third-order valence-electron chi connectivity index (χ3n) is 3.43. The van der Waals surface area contributed by atoms with E-state index in [1.807, 2.05) is 13.2 Å². The van der Waals surface area contributed by atoms with Crippen molar-refractivity contribution in [3.8, 4) is 11.3 Å². The third kappa shape index (κ3) is 1.95. The topological polar surface area (TPSA) is 55.1 Å². The van der Waals surface area contributed by atoms with Crippen LogP contribution in [0.5, 0.6) is 0 Å². The Labute approximate surface area is 116 Å². The van der Waals surface area contributed by atoms with Gasteiger partial charge in [0, 0.05) is 35.9 Å². The molecule has 100 valence electrons. The number of fused-ring (bicyclic) bond motifs is 1. The molecular weight excluding hydrogens is 252 g/mol. The van der Waals surface area contributed by atoms with Gasteiger partial charge in [0.2, 0.25) is 0 Å². The Morgan fingerprint density at radius 1 is 1.25 bits per heavy atom. The van der Waals surface area contributed by atoms with Crippen molar-refractivity contribution in [2.45, 2.75) is 6.92 Å². The highest BCUT2D eigenvalue weighted by atomic mass is 16.4. The van der Waals surface area contributed by atoms with E-state index in [4.69, 9.17) is 5.11 Å². The Hall–Kier alpha value is -2.62. The van der Waals surface area contributed by atoms with Crippen LogP contribution in [-0.2, 0) is 7.05 Å². The largest absolute Gasteiger partial charge is 0.478 e. The predicted octanol–water partition coefficient (Wildman–Crippen LogP) is 3.25. The molecule has 4 nitrogen and oxygen atoms in total. The predicted molar refractivity (Wildman–Crippen MR) is 77.8 cm³/mol. The van der Waals surface area contributed by atoms with E-state index in [1.54, 1.807) is 12.1 Å². The molecule has 4 heteroatoms. The van der Waals surface area contributed by atoms with E-state index >= 15 is 0 Å². The van der Waals surface area contributed by atoms with Crippen LogP contribution < -0.4 is 0 Å². The fourth-order valence-electron chi connectivity index (χ4n) is 2.39. The summed E-state index contributed by atoms with van der Waals surface area (Å²) < 4.78 is 2.05. The number of pyridine rings is 1. The molecule has 0 amide bonds. The molecule has 0 atom stereocenters. The second-order valence-electron chi connectivity index (χ2n) is 4.91. The van der Waals surface area contributed by atoms with E-state index in [2.05, 4.69) is 34.7 Å². The van der Waals surface area contributed by atoms with Crippen LogP contribution in [0.1, 0.15) is 15.9 Å². The Kier molecular flexibility index (Phi) is 2.79. The lowest BCUT2D eigenvalue weighted by Gasteiger charge is -2.00. The molecule has 0 bridgehead atoms. The first kappa shape index (κ1) is 12.4. The standard InChI is InChI=1S/C16H14N2O2/c1-10-3-6-15-12(7-10)13(9-18(15)2)14-5-4-11(8-17-14)16(19)20/h3-9H,1-2H3,(H,19,20). The molecule has 0 spiro atoms. The average molecular weight is 266 g/mol. The van der Waals surface area contributed by atoms with Crippen LogP contribution in [0.2, 0.25) is 0 Å². The first-order valence-electron chi connectivity index (χ1n) is 6.31. The number of aryl methyl sites for hydroxylation is 2. The number of aromatic carboxylic acids is 1. The third-order valence-corrected chi connectivity index (χ3v) is 3.43. The van der Waals surface area contributed by atoms with Crippen molar-refractivity contribution in [2.75, 3.05) is 0 Å². The summed E-state index contributed by atoms with van der Waals surface area (Å²) in [6.07, 6.45) is 3.42. The Balaban J connectivity index is 2.18. The maximum Gasteiger partial charge on any atom is 0.337 e. The molecule has 20 heavy (non-hydrogen) atoms. The van der Waals surface area contributed by atoms with Crippen LogP contribution in [-0.4, -0.2) is 20.6 Å². The van der Waals surface area contributed by atoms with Gasteiger partial charge in [-0.15, -0.1) is 0 Å². The fourth-order valence-corrected chi connectivity index (χ4v) is 2.39. The maximum absolute atomic E-state index is 10.9. The molecule has 3 rings (SSSR count). The lowest BCUT2D eigenvalue weighted by molar-refractivity contribution is 0.0696. The maximum atomic E-state index is 10.9. The molecule has 0 saturated heterocycles. The Morgan fingerprint density at radius 3 is 2.70 bits per heavy atom. The van der Waals surface area contributed by atoms with E-state index in [0.29, 0.717) is 0 Å². The number of nitrogens with zero attached hydrogens (tertiary/aromatic N) is 2. The summed E-state index contributed by atoms with van der Waals surface area (Å²) in [5.41, 5.74) is 4.32. The molecule has 0 aliphatic carbocycles. The number of aromatic nitrogens is 2. The van der Waals surface area contributed by atoms with Crippen molar-refractivity contribution in [1.29, 1.82) is 0 Å². The number of rotatable bonds is 2. The molecule has 3 aromatic rings. The van der Waals surface area contributed by atoms with Gasteiger partial charge in [0.25, 0.3) is 0 Å². The minimum atomic E-state index is -0.960. The molecule has 2 aromatic heterocycles. The molecule has 0 aliphatic rings. The summed E-state index contributed by atoms with van der Waals surface area (Å²) in [6, 6.07) is 9.62. The zero-order chi connectivity index (χ0) is 14.3. The van der Waals surface area contributed by atoms with Crippen molar-refractivity contribution in [1.82, 2.24) is 9.55 Å². The van der Waals surface area contributed by atoms with Crippen LogP contribution in [0.15, 0.2) is 42.7 Å². The SMILES string of the molecule is Cc1ccc2c(c1)c(-c1ccc(C(=O)O)cn1)cn2C. The summed E-state index contributed by atoms with van der Waals surface area (Å²) in [5.74, 6) is -0.960. The molecule has 1 N–H and O–H groups in total. The van der Waals surface area contributed by atoms with Crippen LogP contribution in [0.25, 0.3) is 22.2 Å². The number of benzene rings is 1. The average Bonchev–Trinajstić information content (AvgIpc) is 2.75. The number of carbonyl (C=O) groups is 1. The van der Waals surface area contributed by atoms with Crippen LogP contribution in [0, 0.1) is 6.92 Å². The molecular formula is C16H14N2O2. The highest BCUT2D eigenvalue weighted by molar-refractivity contribution is 5.96. The Bertz CT molecular complexity index is 801. The molecule has 0 aliphatic heterocycles. The van der Waals surface area contributed by atoms with E-state index in [9.17, 15) is 4.79 Å². The molecule has 0 unspecified atom stereocenters. The van der Waals surface area contributed by atoms with Gasteiger partial charge in [0.1, 0.15) is 0 Å². The van der Waals surface area contributed by atoms with Gasteiger partial charge >= 0.3 is 5.97 Å². The first-order chi connectivity index (χ1) is 9.56. The minimum Gasteiger partial charge on any atom is -0.478 e. The fraction of sp³-hybridized carbons (Fsp3) is 0.125. The molecule has 0 saturated carbocycles. The Morgan fingerprint density at radius 2 is 2.05 bits per heavy atom. The molecule has 0 radical (unpaired) electrons. The van der Waals surface area contributed by atoms with Gasteiger partial charge in [-0.25, -0.2) is 4.79 Å². The summed E-state index contributed by atoms with van der Waals surface area (Å²) in [7, 11) is 1.99. The lowest BCUT2D eigenvalue weighted by atomic mass is 10.1. The molecule has 0 fully saturated rings. The van der Waals surface area contributed by atoms with Crippen LogP contribution in [0.3, 0.4) is 0 Å². The van der Waals surface area contributed by atoms with Crippen LogP contribution in [0.4, 0.5) is 0 Å². The quantitative estimate of drug-likeness (QED) is 0.774. The number of hydrogen-bond acceptors (Lipinski definition) is 2. The van der Waals surface area contributed by atoms with E-state index in [1.165, 1.54) is 11.8 Å². The summed E-state index contributed by atoms with van der Waals surface area (Å²) in [5, 5.41) is 10.0. The van der Waals surface area contributed by atoms with Crippen molar-refractivity contribution in [2.24, 2.45) is 7.05 Å².